The van der Waals surface area contributed by atoms with Crippen molar-refractivity contribution in [3.8, 4) is 5.69 Å². The van der Waals surface area contributed by atoms with E-state index in [9.17, 15) is 8.42 Å². The second kappa shape index (κ2) is 5.20. The number of benzene rings is 1. The fourth-order valence-corrected chi connectivity index (χ4v) is 3.47. The van der Waals surface area contributed by atoms with Crippen molar-refractivity contribution in [2.24, 2.45) is 0 Å². The van der Waals surface area contributed by atoms with Gasteiger partial charge in [0, 0.05) is 0 Å². The molecule has 0 amide bonds. The third kappa shape index (κ3) is 2.38. The molecule has 0 saturated carbocycles. The molecular formula is C14H16N6O2S. The van der Waals surface area contributed by atoms with Crippen LogP contribution in [0.15, 0.2) is 35.4 Å². The van der Waals surface area contributed by atoms with Gasteiger partial charge in [0.2, 0.25) is 5.95 Å². The highest BCUT2D eigenvalue weighted by molar-refractivity contribution is 7.92. The maximum atomic E-state index is 12.6. The van der Waals surface area contributed by atoms with Crippen molar-refractivity contribution in [1.29, 1.82) is 0 Å². The zero-order chi connectivity index (χ0) is 16.8. The van der Waals surface area contributed by atoms with Gasteiger partial charge in [-0.1, -0.05) is 12.1 Å². The first-order valence-corrected chi connectivity index (χ1v) is 8.47. The van der Waals surface area contributed by atoms with Crippen LogP contribution in [0, 0.1) is 0 Å². The predicted octanol–water partition coefficient (Wildman–Crippen LogP) is 1.16. The minimum Gasteiger partial charge on any atom is -0.383 e. The van der Waals surface area contributed by atoms with Crippen LogP contribution in [0.1, 0.15) is 13.8 Å². The van der Waals surface area contributed by atoms with Crippen LogP contribution >= 0.6 is 0 Å². The van der Waals surface area contributed by atoms with E-state index < -0.39 is 15.1 Å². The third-order valence-corrected chi connectivity index (χ3v) is 5.70. The maximum Gasteiger partial charge on any atom is 0.224 e. The number of nitrogens with two attached hydrogens (primary N) is 2. The number of hydrogen-bond acceptors (Lipinski definition) is 7. The van der Waals surface area contributed by atoms with E-state index in [0.717, 1.165) is 0 Å². The fourth-order valence-electron chi connectivity index (χ4n) is 2.25. The average Bonchev–Trinajstić information content (AvgIpc) is 2.91. The summed E-state index contributed by atoms with van der Waals surface area (Å²) < 4.78 is 26.6. The van der Waals surface area contributed by atoms with Crippen molar-refractivity contribution in [2.75, 3.05) is 11.5 Å². The molecule has 0 aliphatic rings. The molecule has 120 valence electrons. The Hall–Kier alpha value is -2.68. The molecule has 1 aromatic carbocycles. The van der Waals surface area contributed by atoms with E-state index in [1.807, 2.05) is 0 Å². The minimum atomic E-state index is -3.49. The zero-order valence-corrected chi connectivity index (χ0v) is 13.4. The molecular weight excluding hydrogens is 316 g/mol. The van der Waals surface area contributed by atoms with Gasteiger partial charge in [-0.2, -0.15) is 15.1 Å². The van der Waals surface area contributed by atoms with Gasteiger partial charge in [-0.3, -0.25) is 0 Å². The van der Waals surface area contributed by atoms with Gasteiger partial charge >= 0.3 is 0 Å². The molecule has 0 unspecified atom stereocenters. The topological polar surface area (TPSA) is 130 Å². The number of hydrogen-bond donors (Lipinski definition) is 2. The lowest BCUT2D eigenvalue weighted by Crippen LogP contribution is -2.17. The van der Waals surface area contributed by atoms with E-state index in [-0.39, 0.29) is 16.7 Å². The summed E-state index contributed by atoms with van der Waals surface area (Å²) in [4.78, 5) is 8.19. The van der Waals surface area contributed by atoms with Crippen LogP contribution in [0.25, 0.3) is 16.7 Å². The monoisotopic (exact) mass is 332 g/mol. The number of nitrogens with zero attached hydrogens (tertiary/aromatic N) is 4. The van der Waals surface area contributed by atoms with Crippen molar-refractivity contribution in [2.45, 2.75) is 24.0 Å². The highest BCUT2D eigenvalue weighted by Crippen LogP contribution is 2.27. The third-order valence-electron chi connectivity index (χ3n) is 3.50. The summed E-state index contributed by atoms with van der Waals surface area (Å²) in [6, 6.07) is 6.61. The largest absolute Gasteiger partial charge is 0.383 e. The smallest absolute Gasteiger partial charge is 0.224 e. The second-order valence-corrected chi connectivity index (χ2v) is 7.79. The Morgan fingerprint density at radius 3 is 2.52 bits per heavy atom. The van der Waals surface area contributed by atoms with Gasteiger partial charge in [-0.05, 0) is 26.0 Å². The summed E-state index contributed by atoms with van der Waals surface area (Å²) in [5.74, 6) is 0.198. The van der Waals surface area contributed by atoms with Crippen LogP contribution in [0.5, 0.6) is 0 Å². The summed E-state index contributed by atoms with van der Waals surface area (Å²) in [5.41, 5.74) is 12.2. The molecule has 0 fully saturated rings. The summed E-state index contributed by atoms with van der Waals surface area (Å²) in [5, 5.41) is 4.17. The number of fused-ring (bicyclic) bond motifs is 1. The molecule has 0 aliphatic heterocycles. The van der Waals surface area contributed by atoms with Gasteiger partial charge in [0.15, 0.2) is 15.5 Å². The molecule has 2 heterocycles. The summed E-state index contributed by atoms with van der Waals surface area (Å²) >= 11 is 0. The molecule has 4 N–H and O–H groups in total. The quantitative estimate of drug-likeness (QED) is 0.736. The Kier molecular flexibility index (Phi) is 3.44. The normalized spacial score (nSPS) is 12.1. The first kappa shape index (κ1) is 15.2. The van der Waals surface area contributed by atoms with Crippen LogP contribution in [-0.4, -0.2) is 33.4 Å². The van der Waals surface area contributed by atoms with Gasteiger partial charge in [-0.25, -0.2) is 13.1 Å². The predicted molar refractivity (Wildman–Crippen MR) is 87.8 cm³/mol. The first-order valence-electron chi connectivity index (χ1n) is 6.92. The molecule has 0 atom stereocenters. The number of aromatic nitrogens is 4. The van der Waals surface area contributed by atoms with E-state index in [1.54, 1.807) is 38.1 Å². The van der Waals surface area contributed by atoms with Crippen LogP contribution in [0.2, 0.25) is 0 Å². The van der Waals surface area contributed by atoms with Gasteiger partial charge < -0.3 is 11.5 Å². The van der Waals surface area contributed by atoms with Crippen molar-refractivity contribution >= 4 is 32.6 Å². The van der Waals surface area contributed by atoms with Gasteiger partial charge in [-0.15, -0.1) is 0 Å². The van der Waals surface area contributed by atoms with Crippen molar-refractivity contribution in [3.63, 3.8) is 0 Å². The lowest BCUT2D eigenvalue weighted by atomic mass is 10.3. The number of nitrogen functional groups attached to an aromatic ring is 2. The van der Waals surface area contributed by atoms with Gasteiger partial charge in [0.1, 0.15) is 5.82 Å². The van der Waals surface area contributed by atoms with Crippen LogP contribution in [0.3, 0.4) is 0 Å². The molecule has 23 heavy (non-hydrogen) atoms. The Bertz CT molecular complexity index is 994. The lowest BCUT2D eigenvalue weighted by Gasteiger charge is -2.13. The standard InChI is InChI=1S/C14H16N6O2S/c1-8(2)23(21,22)11-6-4-3-5-10(11)20-13-9(7-17-20)12(15)18-14(16)19-13/h3-8H,1-2H3,(H4,15,16,18,19). The first-order chi connectivity index (χ1) is 10.8. The van der Waals surface area contributed by atoms with E-state index in [2.05, 4.69) is 15.1 Å². The molecule has 0 saturated heterocycles. The van der Waals surface area contributed by atoms with E-state index >= 15 is 0 Å². The fraction of sp³-hybridized carbons (Fsp3) is 0.214. The molecule has 0 radical (unpaired) electrons. The number of para-hydroxylation sites is 1. The minimum absolute atomic E-state index is 0.000878. The SMILES string of the molecule is CC(C)S(=O)(=O)c1ccccc1-n1ncc2c(N)nc(N)nc21. The highest BCUT2D eigenvalue weighted by Gasteiger charge is 2.24. The summed E-state index contributed by atoms with van der Waals surface area (Å²) in [7, 11) is -3.49. The molecule has 0 bridgehead atoms. The number of sulfone groups is 1. The Labute approximate surface area is 133 Å². The average molecular weight is 332 g/mol. The van der Waals surface area contributed by atoms with E-state index in [0.29, 0.717) is 16.7 Å². The van der Waals surface area contributed by atoms with Crippen LogP contribution in [-0.2, 0) is 9.84 Å². The maximum absolute atomic E-state index is 12.6. The number of anilines is 2. The molecule has 3 aromatic rings. The second-order valence-electron chi connectivity index (χ2n) is 5.32. The highest BCUT2D eigenvalue weighted by atomic mass is 32.2. The molecule has 3 rings (SSSR count). The van der Waals surface area contributed by atoms with Gasteiger partial charge in [0.05, 0.1) is 27.4 Å². The molecule has 0 aliphatic carbocycles. The Balaban J connectivity index is 2.34. The molecule has 9 heteroatoms. The van der Waals surface area contributed by atoms with Crippen molar-refractivity contribution in [3.05, 3.63) is 30.5 Å². The van der Waals surface area contributed by atoms with Crippen molar-refractivity contribution < 1.29 is 8.42 Å². The zero-order valence-electron chi connectivity index (χ0n) is 12.6. The van der Waals surface area contributed by atoms with Crippen molar-refractivity contribution in [1.82, 2.24) is 19.7 Å². The molecule has 8 nitrogen and oxygen atoms in total. The molecule has 0 spiro atoms. The van der Waals surface area contributed by atoms with Crippen LogP contribution in [0.4, 0.5) is 11.8 Å². The summed E-state index contributed by atoms with van der Waals surface area (Å²) in [6.07, 6.45) is 1.49. The Morgan fingerprint density at radius 2 is 1.83 bits per heavy atom. The number of rotatable bonds is 3. The van der Waals surface area contributed by atoms with Crippen LogP contribution < -0.4 is 11.5 Å². The lowest BCUT2D eigenvalue weighted by molar-refractivity contribution is 0.586. The van der Waals surface area contributed by atoms with E-state index in [1.165, 1.54) is 10.9 Å². The Morgan fingerprint density at radius 1 is 1.13 bits per heavy atom. The molecule has 2 aromatic heterocycles. The summed E-state index contributed by atoms with van der Waals surface area (Å²) in [6.45, 7) is 3.26. The van der Waals surface area contributed by atoms with E-state index in [4.69, 9.17) is 11.5 Å². The van der Waals surface area contributed by atoms with Gasteiger partial charge in [0.25, 0.3) is 0 Å².